The molecule has 1 fully saturated rings. The number of nitrogens with zero attached hydrogens (tertiary/aromatic N) is 6. The fourth-order valence-corrected chi connectivity index (χ4v) is 4.64. The highest BCUT2D eigenvalue weighted by atomic mass is 16.5. The Morgan fingerprint density at radius 3 is 2.82 bits per heavy atom. The first kappa shape index (κ1) is 23.9. The van der Waals surface area contributed by atoms with Gasteiger partial charge in [-0.15, -0.1) is 0 Å². The van der Waals surface area contributed by atoms with Gasteiger partial charge in [-0.2, -0.15) is 24.7 Å². The van der Waals surface area contributed by atoms with Crippen molar-refractivity contribution in [2.75, 3.05) is 23.7 Å². The maximum Gasteiger partial charge on any atom is 0.232 e. The molecule has 10 heteroatoms. The molecule has 4 heterocycles. The third kappa shape index (κ3) is 5.03. The summed E-state index contributed by atoms with van der Waals surface area (Å²) in [4.78, 5) is 9.63. The highest BCUT2D eigenvalue weighted by molar-refractivity contribution is 5.61. The number of fused-ring (bicyclic) bond motifs is 1. The molecule has 5 aromatic rings. The monoisotopic (exact) mass is 509 g/mol. The quantitative estimate of drug-likeness (QED) is 0.266. The van der Waals surface area contributed by atoms with Gasteiger partial charge in [0.2, 0.25) is 11.9 Å². The fraction of sp³-hybridized carbons (Fsp3) is 0.286. The van der Waals surface area contributed by atoms with Gasteiger partial charge in [-0.05, 0) is 48.7 Å². The lowest BCUT2D eigenvalue weighted by atomic mass is 10.1. The van der Waals surface area contributed by atoms with E-state index in [-0.39, 0.29) is 12.0 Å². The number of aromatic nitrogens is 6. The number of ether oxygens (including phenoxy) is 1. The molecule has 0 radical (unpaired) electrons. The van der Waals surface area contributed by atoms with E-state index in [1.165, 1.54) is 0 Å². The summed E-state index contributed by atoms with van der Waals surface area (Å²) in [6.07, 6.45) is 6.78. The fourth-order valence-electron chi connectivity index (χ4n) is 4.64. The van der Waals surface area contributed by atoms with Gasteiger partial charge in [0.05, 0.1) is 11.9 Å². The Kier molecular flexibility index (Phi) is 6.62. The normalized spacial score (nSPS) is 15.3. The number of benzene rings is 2. The Balaban J connectivity index is 1.30. The molecule has 1 aliphatic rings. The molecular weight excluding hydrogens is 478 g/mol. The average Bonchev–Trinajstić information content (AvgIpc) is 3.70. The van der Waals surface area contributed by atoms with E-state index in [0.29, 0.717) is 18.4 Å². The van der Waals surface area contributed by atoms with Crippen molar-refractivity contribution in [3.05, 3.63) is 84.3 Å². The van der Waals surface area contributed by atoms with Gasteiger partial charge >= 0.3 is 0 Å². The van der Waals surface area contributed by atoms with Gasteiger partial charge in [0.25, 0.3) is 0 Å². The van der Waals surface area contributed by atoms with Gasteiger partial charge in [-0.25, -0.2) is 4.68 Å². The van der Waals surface area contributed by atoms with Crippen molar-refractivity contribution in [3.8, 4) is 11.4 Å². The molecule has 0 aliphatic carbocycles. The predicted octanol–water partition coefficient (Wildman–Crippen LogP) is 4.53. The van der Waals surface area contributed by atoms with Crippen LogP contribution in [0.15, 0.2) is 73.2 Å². The summed E-state index contributed by atoms with van der Waals surface area (Å²) in [5, 5.41) is 19.2. The van der Waals surface area contributed by atoms with Gasteiger partial charge in [-0.1, -0.05) is 38.1 Å². The van der Waals surface area contributed by atoms with Crippen LogP contribution in [0.3, 0.4) is 0 Å². The summed E-state index contributed by atoms with van der Waals surface area (Å²) < 4.78 is 9.77. The van der Waals surface area contributed by atoms with E-state index in [4.69, 9.17) is 14.7 Å². The lowest BCUT2D eigenvalue weighted by Crippen LogP contribution is -2.19. The Labute approximate surface area is 221 Å². The zero-order valence-electron chi connectivity index (χ0n) is 21.5. The van der Waals surface area contributed by atoms with Crippen molar-refractivity contribution in [1.82, 2.24) is 34.7 Å². The molecule has 0 amide bonds. The lowest BCUT2D eigenvalue weighted by molar-refractivity contribution is 0.223. The van der Waals surface area contributed by atoms with Crippen molar-refractivity contribution in [2.24, 2.45) is 0 Å². The summed E-state index contributed by atoms with van der Waals surface area (Å²) in [5.74, 6) is 2.18. The van der Waals surface area contributed by atoms with E-state index in [0.717, 1.165) is 53.4 Å². The van der Waals surface area contributed by atoms with Crippen molar-refractivity contribution in [2.45, 2.75) is 38.8 Å². The van der Waals surface area contributed by atoms with Crippen LogP contribution in [-0.4, -0.2) is 48.6 Å². The SMILES string of the molecule is CC(C)c1cnn2c(NCc3ccccc3-n3cccn3)nc(Nc3cccc(OC4CCNC4)c3)nc12. The van der Waals surface area contributed by atoms with E-state index in [2.05, 4.69) is 46.1 Å². The van der Waals surface area contributed by atoms with Crippen molar-refractivity contribution < 1.29 is 4.74 Å². The van der Waals surface area contributed by atoms with Crippen LogP contribution >= 0.6 is 0 Å². The molecule has 38 heavy (non-hydrogen) atoms. The Bertz CT molecular complexity index is 1520. The summed E-state index contributed by atoms with van der Waals surface area (Å²) in [5.41, 5.74) is 4.77. The van der Waals surface area contributed by atoms with Crippen LogP contribution in [0.1, 0.15) is 37.3 Å². The number of para-hydroxylation sites is 1. The second-order valence-corrected chi connectivity index (χ2v) is 9.68. The Morgan fingerprint density at radius 2 is 2.00 bits per heavy atom. The Hall–Kier alpha value is -4.44. The lowest BCUT2D eigenvalue weighted by Gasteiger charge is -2.15. The zero-order chi connectivity index (χ0) is 25.9. The number of rotatable bonds is 9. The Morgan fingerprint density at radius 1 is 1.08 bits per heavy atom. The van der Waals surface area contributed by atoms with Crippen LogP contribution < -0.4 is 20.7 Å². The summed E-state index contributed by atoms with van der Waals surface area (Å²) in [6.45, 7) is 6.67. The van der Waals surface area contributed by atoms with Crippen molar-refractivity contribution in [3.63, 3.8) is 0 Å². The zero-order valence-corrected chi connectivity index (χ0v) is 21.5. The molecule has 0 spiro atoms. The first-order valence-electron chi connectivity index (χ1n) is 13.0. The van der Waals surface area contributed by atoms with Crippen LogP contribution in [0.5, 0.6) is 5.75 Å². The molecule has 194 valence electrons. The van der Waals surface area contributed by atoms with E-state index < -0.39 is 0 Å². The topological polar surface area (TPSA) is 106 Å². The molecule has 1 aliphatic heterocycles. The molecule has 1 saturated heterocycles. The molecular formula is C28H31N9O. The largest absolute Gasteiger partial charge is 0.489 e. The second kappa shape index (κ2) is 10.5. The maximum atomic E-state index is 6.14. The van der Waals surface area contributed by atoms with Crippen molar-refractivity contribution >= 4 is 23.2 Å². The number of nitrogens with one attached hydrogen (secondary N) is 3. The van der Waals surface area contributed by atoms with Crippen LogP contribution in [-0.2, 0) is 6.54 Å². The maximum absolute atomic E-state index is 6.14. The average molecular weight is 510 g/mol. The third-order valence-electron chi connectivity index (χ3n) is 6.61. The van der Waals surface area contributed by atoms with Crippen LogP contribution in [0.25, 0.3) is 11.3 Å². The van der Waals surface area contributed by atoms with Crippen molar-refractivity contribution in [1.29, 1.82) is 0 Å². The third-order valence-corrected chi connectivity index (χ3v) is 6.61. The molecule has 0 saturated carbocycles. The van der Waals surface area contributed by atoms with Crippen LogP contribution in [0, 0.1) is 0 Å². The molecule has 0 bridgehead atoms. The molecule has 1 atom stereocenters. The highest BCUT2D eigenvalue weighted by Crippen LogP contribution is 2.26. The van der Waals surface area contributed by atoms with Crippen LogP contribution in [0.4, 0.5) is 17.6 Å². The molecule has 6 rings (SSSR count). The highest BCUT2D eigenvalue weighted by Gasteiger charge is 2.18. The van der Waals surface area contributed by atoms with E-state index >= 15 is 0 Å². The summed E-state index contributed by atoms with van der Waals surface area (Å²) in [7, 11) is 0. The standard InChI is InChI=1S/C28H31N9O/c1-19(2)24-18-32-37-26(24)34-27(33-21-8-5-9-22(15-21)38-23-11-13-29-17-23)35-28(37)30-16-20-7-3-4-10-25(20)36-14-6-12-31-36/h3-10,12,14-15,18-19,23,29H,11,13,16-17H2,1-2H3,(H2,30,33,34,35). The van der Waals surface area contributed by atoms with E-state index in [1.54, 1.807) is 10.7 Å². The number of hydrogen-bond donors (Lipinski definition) is 3. The minimum atomic E-state index is 0.193. The van der Waals surface area contributed by atoms with Gasteiger partial charge in [0.1, 0.15) is 11.9 Å². The first-order valence-corrected chi connectivity index (χ1v) is 13.0. The predicted molar refractivity (Wildman–Crippen MR) is 147 cm³/mol. The van der Waals surface area contributed by atoms with Gasteiger partial charge in [0.15, 0.2) is 5.65 Å². The smallest absolute Gasteiger partial charge is 0.232 e. The van der Waals surface area contributed by atoms with Gasteiger partial charge in [0, 0.05) is 42.8 Å². The van der Waals surface area contributed by atoms with E-state index in [1.807, 2.05) is 65.6 Å². The molecule has 3 N–H and O–H groups in total. The number of hydrogen-bond acceptors (Lipinski definition) is 8. The second-order valence-electron chi connectivity index (χ2n) is 9.68. The van der Waals surface area contributed by atoms with E-state index in [9.17, 15) is 0 Å². The number of anilines is 3. The summed E-state index contributed by atoms with van der Waals surface area (Å²) >= 11 is 0. The molecule has 1 unspecified atom stereocenters. The first-order chi connectivity index (χ1) is 18.6. The van der Waals surface area contributed by atoms with Gasteiger partial charge in [-0.3, -0.25) is 0 Å². The van der Waals surface area contributed by atoms with Crippen LogP contribution in [0.2, 0.25) is 0 Å². The summed E-state index contributed by atoms with van der Waals surface area (Å²) in [6, 6.07) is 18.0. The molecule has 2 aromatic carbocycles. The molecule has 3 aromatic heterocycles. The molecule has 10 nitrogen and oxygen atoms in total. The minimum Gasteiger partial charge on any atom is -0.489 e. The van der Waals surface area contributed by atoms with Gasteiger partial charge < -0.3 is 20.7 Å². The minimum absolute atomic E-state index is 0.193.